The standard InChI is InChI=1S/C13H11ClF3N3O2/c1-7-10(13(15,16)17)18-20(11(7)19(2)12(21)22)9-5-3-4-8(14)6-9/h3-6H,1-2H3,(H,21,22). The molecule has 9 heteroatoms. The summed E-state index contributed by atoms with van der Waals surface area (Å²) in [6.07, 6.45) is -6.10. The number of alkyl halides is 3. The van der Waals surface area contributed by atoms with Gasteiger partial charge in [0.25, 0.3) is 0 Å². The lowest BCUT2D eigenvalue weighted by Crippen LogP contribution is -2.27. The molecule has 1 N–H and O–H groups in total. The highest BCUT2D eigenvalue weighted by Gasteiger charge is 2.39. The van der Waals surface area contributed by atoms with E-state index in [2.05, 4.69) is 5.10 Å². The molecule has 0 aliphatic carbocycles. The number of aromatic nitrogens is 2. The Kier molecular flexibility index (Phi) is 4.06. The van der Waals surface area contributed by atoms with E-state index in [0.717, 1.165) is 11.7 Å². The zero-order chi connectivity index (χ0) is 16.7. The number of hydrogen-bond acceptors (Lipinski definition) is 2. The Hall–Kier alpha value is -2.22. The summed E-state index contributed by atoms with van der Waals surface area (Å²) in [6.45, 7) is 1.17. The minimum absolute atomic E-state index is 0.193. The van der Waals surface area contributed by atoms with Crippen molar-refractivity contribution in [3.8, 4) is 5.69 Å². The van der Waals surface area contributed by atoms with Crippen LogP contribution in [0, 0.1) is 6.92 Å². The third kappa shape index (κ3) is 2.87. The Bertz CT molecular complexity index is 728. The monoisotopic (exact) mass is 333 g/mol. The molecule has 0 radical (unpaired) electrons. The average molecular weight is 334 g/mol. The Morgan fingerprint density at radius 1 is 1.41 bits per heavy atom. The Morgan fingerprint density at radius 3 is 2.55 bits per heavy atom. The largest absolute Gasteiger partial charge is 0.465 e. The van der Waals surface area contributed by atoms with Gasteiger partial charge in [-0.3, -0.25) is 4.90 Å². The van der Waals surface area contributed by atoms with Crippen molar-refractivity contribution in [1.82, 2.24) is 9.78 Å². The lowest BCUT2D eigenvalue weighted by molar-refractivity contribution is -0.141. The van der Waals surface area contributed by atoms with Crippen molar-refractivity contribution in [2.45, 2.75) is 13.1 Å². The summed E-state index contributed by atoms with van der Waals surface area (Å²) < 4.78 is 40.0. The van der Waals surface area contributed by atoms with E-state index in [1.165, 1.54) is 25.1 Å². The summed E-state index contributed by atoms with van der Waals surface area (Å²) >= 11 is 5.83. The highest BCUT2D eigenvalue weighted by Crippen LogP contribution is 2.36. The van der Waals surface area contributed by atoms with Crippen molar-refractivity contribution in [2.24, 2.45) is 0 Å². The van der Waals surface area contributed by atoms with Crippen molar-refractivity contribution < 1.29 is 23.1 Å². The summed E-state index contributed by atoms with van der Waals surface area (Å²) in [5, 5.41) is 12.9. The van der Waals surface area contributed by atoms with Crippen LogP contribution >= 0.6 is 11.6 Å². The molecule has 2 rings (SSSR count). The highest BCUT2D eigenvalue weighted by molar-refractivity contribution is 6.30. The van der Waals surface area contributed by atoms with Crippen LogP contribution < -0.4 is 4.90 Å². The number of hydrogen-bond donors (Lipinski definition) is 1. The predicted octanol–water partition coefficient (Wildman–Crippen LogP) is 3.97. The summed E-state index contributed by atoms with van der Waals surface area (Å²) in [4.78, 5) is 11.8. The van der Waals surface area contributed by atoms with Crippen molar-refractivity contribution in [2.75, 3.05) is 11.9 Å². The number of rotatable bonds is 2. The number of nitrogens with zero attached hydrogens (tertiary/aromatic N) is 3. The van der Waals surface area contributed by atoms with Crippen molar-refractivity contribution in [3.05, 3.63) is 40.5 Å². The van der Waals surface area contributed by atoms with Crippen LogP contribution in [0.1, 0.15) is 11.3 Å². The second kappa shape index (κ2) is 5.53. The molecule has 0 saturated carbocycles. The van der Waals surface area contributed by atoms with Crippen LogP contribution in [-0.4, -0.2) is 28.0 Å². The first kappa shape index (κ1) is 16.2. The molecule has 0 saturated heterocycles. The molecule has 0 aliphatic rings. The number of amides is 1. The van der Waals surface area contributed by atoms with Gasteiger partial charge in [0.15, 0.2) is 5.69 Å². The fraction of sp³-hybridized carbons (Fsp3) is 0.231. The van der Waals surface area contributed by atoms with Crippen molar-refractivity contribution in [1.29, 1.82) is 0 Å². The van der Waals surface area contributed by atoms with Gasteiger partial charge >= 0.3 is 12.3 Å². The molecule has 0 aliphatic heterocycles. The molecule has 0 spiro atoms. The zero-order valence-corrected chi connectivity index (χ0v) is 12.3. The molecular weight excluding hydrogens is 323 g/mol. The topological polar surface area (TPSA) is 58.4 Å². The molecule has 2 aromatic rings. The van der Waals surface area contributed by atoms with E-state index in [1.807, 2.05) is 0 Å². The third-order valence-corrected chi connectivity index (χ3v) is 3.25. The first-order chi connectivity index (χ1) is 10.1. The minimum atomic E-state index is -4.69. The Balaban J connectivity index is 2.74. The van der Waals surface area contributed by atoms with E-state index in [1.54, 1.807) is 6.07 Å². The van der Waals surface area contributed by atoms with Crippen LogP contribution in [-0.2, 0) is 6.18 Å². The van der Waals surface area contributed by atoms with Gasteiger partial charge in [-0.25, -0.2) is 9.48 Å². The van der Waals surface area contributed by atoms with Crippen LogP contribution in [0.25, 0.3) is 5.69 Å². The molecule has 0 bridgehead atoms. The van der Waals surface area contributed by atoms with Gasteiger partial charge in [-0.05, 0) is 25.1 Å². The molecule has 0 fully saturated rings. The molecule has 5 nitrogen and oxygen atoms in total. The molecule has 0 unspecified atom stereocenters. The van der Waals surface area contributed by atoms with Gasteiger partial charge in [0.1, 0.15) is 5.82 Å². The molecule has 0 atom stereocenters. The van der Waals surface area contributed by atoms with E-state index in [4.69, 9.17) is 16.7 Å². The van der Waals surface area contributed by atoms with E-state index in [-0.39, 0.29) is 17.1 Å². The van der Waals surface area contributed by atoms with Crippen LogP contribution in [0.15, 0.2) is 24.3 Å². The maximum Gasteiger partial charge on any atom is 0.435 e. The maximum atomic E-state index is 13.0. The van der Waals surface area contributed by atoms with Crippen LogP contribution in [0.4, 0.5) is 23.8 Å². The summed E-state index contributed by atoms with van der Waals surface area (Å²) in [6, 6.07) is 5.96. The summed E-state index contributed by atoms with van der Waals surface area (Å²) in [5.41, 5.74) is -1.19. The molecule has 1 aromatic carbocycles. The maximum absolute atomic E-state index is 13.0. The summed E-state index contributed by atoms with van der Waals surface area (Å²) in [7, 11) is 1.15. The quantitative estimate of drug-likeness (QED) is 0.904. The highest BCUT2D eigenvalue weighted by atomic mass is 35.5. The zero-order valence-electron chi connectivity index (χ0n) is 11.5. The number of halogens is 4. The molecule has 1 amide bonds. The first-order valence-electron chi connectivity index (χ1n) is 6.02. The second-order valence-electron chi connectivity index (χ2n) is 4.53. The predicted molar refractivity (Wildman–Crippen MR) is 74.7 cm³/mol. The number of carboxylic acid groups (broad SMARTS) is 1. The van der Waals surface area contributed by atoms with Crippen LogP contribution in [0.2, 0.25) is 5.02 Å². The van der Waals surface area contributed by atoms with Gasteiger partial charge in [-0.1, -0.05) is 17.7 Å². The number of anilines is 1. The van der Waals surface area contributed by atoms with E-state index in [9.17, 15) is 18.0 Å². The molecule has 1 heterocycles. The van der Waals surface area contributed by atoms with Gasteiger partial charge in [-0.2, -0.15) is 18.3 Å². The number of benzene rings is 1. The van der Waals surface area contributed by atoms with Gasteiger partial charge < -0.3 is 5.11 Å². The van der Waals surface area contributed by atoms with Crippen LogP contribution in [0.5, 0.6) is 0 Å². The molecular formula is C13H11ClF3N3O2. The minimum Gasteiger partial charge on any atom is -0.465 e. The van der Waals surface area contributed by atoms with E-state index < -0.39 is 18.0 Å². The van der Waals surface area contributed by atoms with Crippen LogP contribution in [0.3, 0.4) is 0 Å². The normalized spacial score (nSPS) is 11.5. The fourth-order valence-electron chi connectivity index (χ4n) is 2.03. The summed E-state index contributed by atoms with van der Waals surface area (Å²) in [5.74, 6) is -0.193. The molecule has 1 aromatic heterocycles. The van der Waals surface area contributed by atoms with E-state index >= 15 is 0 Å². The fourth-order valence-corrected chi connectivity index (χ4v) is 2.21. The Morgan fingerprint density at radius 2 is 2.05 bits per heavy atom. The third-order valence-electron chi connectivity index (χ3n) is 3.02. The van der Waals surface area contributed by atoms with Gasteiger partial charge in [0.2, 0.25) is 0 Å². The lowest BCUT2D eigenvalue weighted by atomic mass is 10.2. The van der Waals surface area contributed by atoms with Gasteiger partial charge in [0.05, 0.1) is 5.69 Å². The van der Waals surface area contributed by atoms with Gasteiger partial charge in [-0.15, -0.1) is 0 Å². The SMILES string of the molecule is Cc1c(C(F)(F)F)nn(-c2cccc(Cl)c2)c1N(C)C(=O)O. The number of carbonyl (C=O) groups is 1. The Labute approximate surface area is 128 Å². The van der Waals surface area contributed by atoms with Crippen molar-refractivity contribution >= 4 is 23.5 Å². The lowest BCUT2D eigenvalue weighted by Gasteiger charge is -2.16. The average Bonchev–Trinajstić information content (AvgIpc) is 2.75. The second-order valence-corrected chi connectivity index (χ2v) is 4.96. The van der Waals surface area contributed by atoms with Crippen molar-refractivity contribution in [3.63, 3.8) is 0 Å². The molecule has 22 heavy (non-hydrogen) atoms. The molecule has 118 valence electrons. The van der Waals surface area contributed by atoms with E-state index in [0.29, 0.717) is 9.92 Å². The smallest absolute Gasteiger partial charge is 0.435 e. The van der Waals surface area contributed by atoms with Gasteiger partial charge in [0, 0.05) is 17.6 Å². The first-order valence-corrected chi connectivity index (χ1v) is 6.40.